The second-order valence-electron chi connectivity index (χ2n) is 16.5. The van der Waals surface area contributed by atoms with Crippen molar-refractivity contribution < 1.29 is 9.47 Å². The van der Waals surface area contributed by atoms with E-state index in [2.05, 4.69) is 67.0 Å². The van der Waals surface area contributed by atoms with Gasteiger partial charge in [0.1, 0.15) is 0 Å². The van der Waals surface area contributed by atoms with Crippen molar-refractivity contribution in [3.63, 3.8) is 0 Å². The highest BCUT2D eigenvalue weighted by Gasteiger charge is 2.08. The lowest BCUT2D eigenvalue weighted by molar-refractivity contribution is 0.258. The smallest absolute Gasteiger partial charge is 0.161 e. The minimum absolute atomic E-state index is 0.765. The van der Waals surface area contributed by atoms with Crippen LogP contribution in [-0.4, -0.2) is 39.4 Å². The molecule has 5 nitrogen and oxygen atoms in total. The van der Waals surface area contributed by atoms with Crippen molar-refractivity contribution in [3.05, 3.63) is 48.1 Å². The van der Waals surface area contributed by atoms with Crippen molar-refractivity contribution in [3.8, 4) is 11.5 Å². The first kappa shape index (κ1) is 52.2. The first-order valence-electron chi connectivity index (χ1n) is 24.6. The molecule has 0 aliphatic carbocycles. The van der Waals surface area contributed by atoms with E-state index in [0.717, 1.165) is 76.7 Å². The molecule has 0 aliphatic rings. The molecule has 326 valence electrons. The Hall–Kier alpha value is -1.82. The molecule has 0 bridgehead atoms. The van der Waals surface area contributed by atoms with Crippen molar-refractivity contribution in [1.29, 1.82) is 0 Å². The zero-order chi connectivity index (χ0) is 40.1. The molecular weight excluding hydrogens is 687 g/mol. The molecule has 0 spiro atoms. The lowest BCUT2D eigenvalue weighted by Gasteiger charge is -2.15. The van der Waals surface area contributed by atoms with Crippen LogP contribution in [0.5, 0.6) is 11.5 Å². The molecule has 0 radical (unpaired) electrons. The molecule has 0 atom stereocenters. The highest BCUT2D eigenvalue weighted by molar-refractivity contribution is 5.43. The highest BCUT2D eigenvalue weighted by atomic mass is 16.5. The van der Waals surface area contributed by atoms with Crippen LogP contribution in [0.3, 0.4) is 0 Å². The fourth-order valence-corrected chi connectivity index (χ4v) is 7.21. The Kier molecular flexibility index (Phi) is 41.3. The summed E-state index contributed by atoms with van der Waals surface area (Å²) in [6.45, 7) is 11.0. The van der Waals surface area contributed by atoms with Gasteiger partial charge >= 0.3 is 0 Å². The Bertz CT molecular complexity index is 980. The number of allylic oxidation sites excluding steroid dienone is 4. The predicted octanol–water partition coefficient (Wildman–Crippen LogP) is 14.7. The van der Waals surface area contributed by atoms with Gasteiger partial charge in [-0.3, -0.25) is 0 Å². The number of hydrogen-bond donors (Lipinski definition) is 3. The molecule has 0 amide bonds. The third kappa shape index (κ3) is 36.5. The largest absolute Gasteiger partial charge is 0.490 e. The molecule has 0 unspecified atom stereocenters. The van der Waals surface area contributed by atoms with Gasteiger partial charge in [0.2, 0.25) is 0 Å². The van der Waals surface area contributed by atoms with Gasteiger partial charge in [0.05, 0.1) is 13.2 Å². The molecule has 1 rings (SSSR count). The summed E-state index contributed by atoms with van der Waals surface area (Å²) in [5, 5.41) is 7.17. The van der Waals surface area contributed by atoms with Crippen LogP contribution in [0.15, 0.2) is 42.5 Å². The average Bonchev–Trinajstić information content (AvgIpc) is 3.21. The molecule has 0 aromatic heterocycles. The first-order valence-corrected chi connectivity index (χ1v) is 24.6. The van der Waals surface area contributed by atoms with E-state index in [1.165, 1.54) is 192 Å². The zero-order valence-electron chi connectivity index (χ0n) is 37.5. The number of nitrogens with two attached hydrogens (primary N) is 1. The molecule has 0 saturated carbocycles. The quantitative estimate of drug-likeness (QED) is 0.0454. The molecule has 1 aromatic rings. The fourth-order valence-electron chi connectivity index (χ4n) is 7.21. The van der Waals surface area contributed by atoms with Crippen LogP contribution in [-0.2, 0) is 6.54 Å². The van der Waals surface area contributed by atoms with Crippen LogP contribution >= 0.6 is 0 Å². The van der Waals surface area contributed by atoms with Gasteiger partial charge in [0, 0.05) is 6.54 Å². The zero-order valence-corrected chi connectivity index (χ0v) is 37.5. The molecule has 56 heavy (non-hydrogen) atoms. The van der Waals surface area contributed by atoms with Gasteiger partial charge in [-0.1, -0.05) is 160 Å². The van der Waals surface area contributed by atoms with E-state index in [1.54, 1.807) is 0 Å². The van der Waals surface area contributed by atoms with Gasteiger partial charge in [0.15, 0.2) is 11.5 Å². The van der Waals surface area contributed by atoms with Gasteiger partial charge in [-0.2, -0.15) is 0 Å². The maximum absolute atomic E-state index is 6.40. The van der Waals surface area contributed by atoms with Gasteiger partial charge in [-0.05, 0) is 134 Å². The van der Waals surface area contributed by atoms with E-state index in [4.69, 9.17) is 15.2 Å². The summed E-state index contributed by atoms with van der Waals surface area (Å²) in [6, 6.07) is 6.56. The number of hydrogen-bond acceptors (Lipinski definition) is 5. The van der Waals surface area contributed by atoms with Crippen LogP contribution in [0.2, 0.25) is 0 Å². The average molecular weight is 782 g/mol. The van der Waals surface area contributed by atoms with Gasteiger partial charge in [-0.25, -0.2) is 0 Å². The number of ether oxygens (including phenoxy) is 2. The third-order valence-electron chi connectivity index (χ3n) is 10.9. The van der Waals surface area contributed by atoms with E-state index in [9.17, 15) is 0 Å². The lowest BCUT2D eigenvalue weighted by atomic mass is 10.1. The van der Waals surface area contributed by atoms with E-state index in [0.29, 0.717) is 0 Å². The summed E-state index contributed by atoms with van der Waals surface area (Å²) < 4.78 is 12.7. The molecule has 0 fully saturated rings. The van der Waals surface area contributed by atoms with Crippen LogP contribution in [0.4, 0.5) is 0 Å². The normalized spacial score (nSPS) is 11.8. The third-order valence-corrected chi connectivity index (χ3v) is 10.9. The molecule has 5 heteroatoms. The number of nitrogens with one attached hydrogen (secondary N) is 2. The Morgan fingerprint density at radius 1 is 0.429 bits per heavy atom. The van der Waals surface area contributed by atoms with Gasteiger partial charge < -0.3 is 25.8 Å². The molecule has 4 N–H and O–H groups in total. The SMILES string of the molecule is CCCCCCCC/C=C\CCCCCCCCOc1ccc(CNCCCCNCCCCN)cc1OCCCCCCCC/C=C\CCCCCCCC. The number of unbranched alkanes of at least 4 members (excludes halogenated alkanes) is 26. The summed E-state index contributed by atoms with van der Waals surface area (Å²) in [7, 11) is 0. The summed E-state index contributed by atoms with van der Waals surface area (Å²) >= 11 is 0. The molecular formula is C51H95N3O2. The van der Waals surface area contributed by atoms with Gasteiger partial charge in [-0.15, -0.1) is 0 Å². The van der Waals surface area contributed by atoms with Gasteiger partial charge in [0.25, 0.3) is 0 Å². The second kappa shape index (κ2) is 44.3. The topological polar surface area (TPSA) is 68.5 Å². The van der Waals surface area contributed by atoms with Crippen LogP contribution in [0.25, 0.3) is 0 Å². The fraction of sp³-hybridized carbons (Fsp3) is 0.804. The summed E-state index contributed by atoms with van der Waals surface area (Å²) in [4.78, 5) is 0. The summed E-state index contributed by atoms with van der Waals surface area (Å²) in [5.41, 5.74) is 6.86. The van der Waals surface area contributed by atoms with E-state index in [1.807, 2.05) is 0 Å². The molecule has 0 heterocycles. The minimum Gasteiger partial charge on any atom is -0.490 e. The van der Waals surface area contributed by atoms with Crippen LogP contribution in [0, 0.1) is 0 Å². The van der Waals surface area contributed by atoms with Crippen molar-refractivity contribution in [2.24, 2.45) is 5.73 Å². The highest BCUT2D eigenvalue weighted by Crippen LogP contribution is 2.29. The van der Waals surface area contributed by atoms with Crippen LogP contribution in [0.1, 0.15) is 225 Å². The summed E-state index contributed by atoms with van der Waals surface area (Å²) in [5.74, 6) is 1.83. The Labute approximate surface area is 349 Å². The standard InChI is InChI=1S/C51H95N3O2/c1-3-5-7-9-11-13-15-17-19-21-23-25-27-29-31-37-45-55-50-40-39-49(48-54-44-36-35-43-53-42-34-33-41-52)47-51(50)56-46-38-32-30-28-26-24-22-20-18-16-14-12-10-8-6-4-2/h17-20,39-40,47,53-54H,3-16,21-38,41-46,48,52H2,1-2H3/b19-17-,20-18-. The van der Waals surface area contributed by atoms with Crippen molar-refractivity contribution in [2.45, 2.75) is 226 Å². The Morgan fingerprint density at radius 3 is 1.29 bits per heavy atom. The van der Waals surface area contributed by atoms with E-state index < -0.39 is 0 Å². The number of benzene rings is 1. The lowest BCUT2D eigenvalue weighted by Crippen LogP contribution is -2.20. The predicted molar refractivity (Wildman–Crippen MR) is 248 cm³/mol. The van der Waals surface area contributed by atoms with E-state index >= 15 is 0 Å². The summed E-state index contributed by atoms with van der Waals surface area (Å²) in [6.07, 6.45) is 51.4. The second-order valence-corrected chi connectivity index (χ2v) is 16.5. The maximum atomic E-state index is 6.40. The molecule has 1 aromatic carbocycles. The maximum Gasteiger partial charge on any atom is 0.161 e. The Balaban J connectivity index is 2.29. The molecule has 0 saturated heterocycles. The van der Waals surface area contributed by atoms with E-state index in [-0.39, 0.29) is 0 Å². The van der Waals surface area contributed by atoms with Crippen molar-refractivity contribution in [1.82, 2.24) is 10.6 Å². The van der Waals surface area contributed by atoms with Crippen LogP contribution < -0.4 is 25.8 Å². The number of rotatable bonds is 45. The first-order chi connectivity index (χ1) is 27.8. The Morgan fingerprint density at radius 2 is 0.821 bits per heavy atom. The van der Waals surface area contributed by atoms with Crippen molar-refractivity contribution in [2.75, 3.05) is 39.4 Å². The minimum atomic E-state index is 0.765. The monoisotopic (exact) mass is 782 g/mol. The molecule has 0 aliphatic heterocycles. The van der Waals surface area contributed by atoms with Crippen molar-refractivity contribution >= 4 is 0 Å².